The Morgan fingerprint density at radius 3 is 2.72 bits per heavy atom. The lowest BCUT2D eigenvalue weighted by molar-refractivity contribution is -0.133. The SMILES string of the molecule is CCn1c(CC[C@@H]2CCCN2C(=O)CC2CCCCC2)cc2ccc(C#N)cc21. The molecule has 1 amide bonds. The molecular weight excluding hydrogens is 358 g/mol. The van der Waals surface area contributed by atoms with Gasteiger partial charge in [0.15, 0.2) is 0 Å². The molecular formula is C25H33N3O. The number of fused-ring (bicyclic) bond motifs is 1. The van der Waals surface area contributed by atoms with Crippen molar-refractivity contribution in [3.8, 4) is 6.07 Å². The second kappa shape index (κ2) is 9.03. The van der Waals surface area contributed by atoms with Gasteiger partial charge in [0.25, 0.3) is 0 Å². The minimum Gasteiger partial charge on any atom is -0.345 e. The molecule has 4 rings (SSSR count). The first kappa shape index (κ1) is 20.0. The van der Waals surface area contributed by atoms with Crippen LogP contribution in [0.15, 0.2) is 24.3 Å². The normalized spacial score (nSPS) is 20.3. The van der Waals surface area contributed by atoms with E-state index in [-0.39, 0.29) is 0 Å². The minimum absolute atomic E-state index is 0.393. The van der Waals surface area contributed by atoms with Crippen LogP contribution in [-0.4, -0.2) is 28.0 Å². The number of amides is 1. The molecule has 1 saturated heterocycles. The third-order valence-corrected chi connectivity index (χ3v) is 7.05. The molecule has 1 aliphatic heterocycles. The zero-order valence-corrected chi connectivity index (χ0v) is 17.7. The standard InChI is InChI=1S/C25H33N3O/c1-2-27-23(17-21-11-10-20(18-26)15-24(21)27)13-12-22-9-6-14-28(22)25(29)16-19-7-4-3-5-8-19/h10-11,15,17,19,22H,2-9,12-14,16H2,1H3/t22-/m0/s1. The largest absolute Gasteiger partial charge is 0.345 e. The maximum absolute atomic E-state index is 13.0. The van der Waals surface area contributed by atoms with E-state index in [2.05, 4.69) is 34.6 Å². The summed E-state index contributed by atoms with van der Waals surface area (Å²) in [4.78, 5) is 15.2. The fourth-order valence-corrected chi connectivity index (χ4v) is 5.50. The van der Waals surface area contributed by atoms with Crippen molar-refractivity contribution in [1.82, 2.24) is 9.47 Å². The predicted octanol–water partition coefficient (Wildman–Crippen LogP) is 5.43. The smallest absolute Gasteiger partial charge is 0.223 e. The third-order valence-electron chi connectivity index (χ3n) is 7.05. The topological polar surface area (TPSA) is 49.0 Å². The number of rotatable bonds is 6. The van der Waals surface area contributed by atoms with Gasteiger partial charge in [-0.05, 0) is 75.0 Å². The fourth-order valence-electron chi connectivity index (χ4n) is 5.50. The van der Waals surface area contributed by atoms with E-state index >= 15 is 0 Å². The van der Waals surface area contributed by atoms with Gasteiger partial charge in [0.05, 0.1) is 11.6 Å². The molecule has 1 saturated carbocycles. The number of likely N-dealkylation sites (tertiary alicyclic amines) is 1. The van der Waals surface area contributed by atoms with Crippen molar-refractivity contribution in [3.05, 3.63) is 35.5 Å². The highest BCUT2D eigenvalue weighted by Crippen LogP contribution is 2.30. The lowest BCUT2D eigenvalue weighted by atomic mass is 9.86. The number of nitriles is 1. The molecule has 1 aromatic carbocycles. The summed E-state index contributed by atoms with van der Waals surface area (Å²) in [5, 5.41) is 10.4. The molecule has 1 atom stereocenters. The molecule has 0 spiro atoms. The van der Waals surface area contributed by atoms with Crippen LogP contribution >= 0.6 is 0 Å². The van der Waals surface area contributed by atoms with Crippen molar-refractivity contribution in [2.24, 2.45) is 5.92 Å². The molecule has 29 heavy (non-hydrogen) atoms. The molecule has 0 N–H and O–H groups in total. The zero-order chi connectivity index (χ0) is 20.2. The summed E-state index contributed by atoms with van der Waals surface area (Å²) in [5.41, 5.74) is 3.19. The van der Waals surface area contributed by atoms with Gasteiger partial charge in [-0.3, -0.25) is 4.79 Å². The number of carbonyl (C=O) groups excluding carboxylic acids is 1. The monoisotopic (exact) mass is 391 g/mol. The molecule has 2 aromatic rings. The Balaban J connectivity index is 1.42. The Labute approximate surface area is 174 Å². The molecule has 0 unspecified atom stereocenters. The second-order valence-electron chi connectivity index (χ2n) is 8.90. The molecule has 2 fully saturated rings. The maximum atomic E-state index is 13.0. The Morgan fingerprint density at radius 2 is 1.97 bits per heavy atom. The van der Waals surface area contributed by atoms with Crippen LogP contribution in [0.3, 0.4) is 0 Å². The van der Waals surface area contributed by atoms with Crippen molar-refractivity contribution in [3.63, 3.8) is 0 Å². The first-order valence-electron chi connectivity index (χ1n) is 11.5. The zero-order valence-electron chi connectivity index (χ0n) is 17.7. The Hall–Kier alpha value is -2.28. The summed E-state index contributed by atoms with van der Waals surface area (Å²) in [6, 6.07) is 10.9. The summed E-state index contributed by atoms with van der Waals surface area (Å²) >= 11 is 0. The second-order valence-corrected chi connectivity index (χ2v) is 8.90. The minimum atomic E-state index is 0.393. The van der Waals surface area contributed by atoms with Crippen LogP contribution < -0.4 is 0 Å². The Kier molecular flexibility index (Phi) is 6.23. The van der Waals surface area contributed by atoms with E-state index in [1.165, 1.54) is 43.2 Å². The number of hydrogen-bond donors (Lipinski definition) is 0. The quantitative estimate of drug-likeness (QED) is 0.659. The van der Waals surface area contributed by atoms with Crippen molar-refractivity contribution in [2.75, 3.05) is 6.54 Å². The number of aryl methyl sites for hydroxylation is 2. The third kappa shape index (κ3) is 4.34. The van der Waals surface area contributed by atoms with Gasteiger partial charge in [0.2, 0.25) is 5.91 Å². The average molecular weight is 392 g/mol. The van der Waals surface area contributed by atoms with E-state index in [1.54, 1.807) is 0 Å². The molecule has 2 aliphatic rings. The van der Waals surface area contributed by atoms with Gasteiger partial charge in [-0.1, -0.05) is 25.3 Å². The van der Waals surface area contributed by atoms with Gasteiger partial charge >= 0.3 is 0 Å². The summed E-state index contributed by atoms with van der Waals surface area (Å²) in [5.74, 6) is 1.02. The average Bonchev–Trinajstić information content (AvgIpc) is 3.36. The summed E-state index contributed by atoms with van der Waals surface area (Å²) in [7, 11) is 0. The number of aromatic nitrogens is 1. The number of hydrogen-bond acceptors (Lipinski definition) is 2. The van der Waals surface area contributed by atoms with Gasteiger partial charge < -0.3 is 9.47 Å². The van der Waals surface area contributed by atoms with Crippen LogP contribution in [0.1, 0.15) is 76.0 Å². The van der Waals surface area contributed by atoms with Crippen LogP contribution in [0.2, 0.25) is 0 Å². The number of carbonyl (C=O) groups is 1. The van der Waals surface area contributed by atoms with Gasteiger partial charge in [-0.15, -0.1) is 0 Å². The van der Waals surface area contributed by atoms with E-state index in [4.69, 9.17) is 0 Å². The van der Waals surface area contributed by atoms with Crippen molar-refractivity contribution in [1.29, 1.82) is 5.26 Å². The molecule has 2 heterocycles. The highest BCUT2D eigenvalue weighted by atomic mass is 16.2. The highest BCUT2D eigenvalue weighted by Gasteiger charge is 2.30. The van der Waals surface area contributed by atoms with Crippen LogP contribution in [0.25, 0.3) is 10.9 Å². The molecule has 4 nitrogen and oxygen atoms in total. The molecule has 0 bridgehead atoms. The van der Waals surface area contributed by atoms with E-state index in [0.717, 1.165) is 50.7 Å². The summed E-state index contributed by atoms with van der Waals surface area (Å²) in [6.45, 7) is 4.01. The van der Waals surface area contributed by atoms with Crippen LogP contribution in [0, 0.1) is 17.2 Å². The highest BCUT2D eigenvalue weighted by molar-refractivity contribution is 5.82. The van der Waals surface area contributed by atoms with Crippen LogP contribution in [0.5, 0.6) is 0 Å². The molecule has 4 heteroatoms. The molecule has 1 aliphatic carbocycles. The van der Waals surface area contributed by atoms with Crippen LogP contribution in [0.4, 0.5) is 0 Å². The number of nitrogens with zero attached hydrogens (tertiary/aromatic N) is 3. The molecule has 154 valence electrons. The van der Waals surface area contributed by atoms with Gasteiger partial charge in [-0.25, -0.2) is 0 Å². The Bertz CT molecular complexity index is 901. The van der Waals surface area contributed by atoms with Crippen molar-refractivity contribution in [2.45, 2.75) is 83.7 Å². The number of benzene rings is 1. The van der Waals surface area contributed by atoms with Crippen LogP contribution in [-0.2, 0) is 17.8 Å². The first-order valence-corrected chi connectivity index (χ1v) is 11.5. The van der Waals surface area contributed by atoms with Crippen molar-refractivity contribution >= 4 is 16.8 Å². The van der Waals surface area contributed by atoms with Crippen molar-refractivity contribution < 1.29 is 4.79 Å². The Morgan fingerprint density at radius 1 is 1.14 bits per heavy atom. The molecule has 1 aromatic heterocycles. The van der Waals surface area contributed by atoms with E-state index in [9.17, 15) is 10.1 Å². The lowest BCUT2D eigenvalue weighted by Gasteiger charge is -2.28. The predicted molar refractivity (Wildman–Crippen MR) is 117 cm³/mol. The maximum Gasteiger partial charge on any atom is 0.223 e. The first-order chi connectivity index (χ1) is 14.2. The van der Waals surface area contributed by atoms with Gasteiger partial charge in [0.1, 0.15) is 0 Å². The lowest BCUT2D eigenvalue weighted by Crippen LogP contribution is -2.37. The van der Waals surface area contributed by atoms with Gasteiger partial charge in [0, 0.05) is 36.8 Å². The summed E-state index contributed by atoms with van der Waals surface area (Å²) in [6.07, 6.45) is 11.5. The van der Waals surface area contributed by atoms with E-state index in [0.29, 0.717) is 23.4 Å². The van der Waals surface area contributed by atoms with E-state index < -0.39 is 0 Å². The summed E-state index contributed by atoms with van der Waals surface area (Å²) < 4.78 is 2.33. The van der Waals surface area contributed by atoms with E-state index in [1.807, 2.05) is 12.1 Å². The fraction of sp³-hybridized carbons (Fsp3) is 0.600. The molecule has 0 radical (unpaired) electrons. The van der Waals surface area contributed by atoms with Gasteiger partial charge in [-0.2, -0.15) is 5.26 Å².